The van der Waals surface area contributed by atoms with E-state index in [1.807, 2.05) is 18.2 Å². The first-order chi connectivity index (χ1) is 7.31. The number of hydrogen-bond acceptors (Lipinski definition) is 3. The number of benzene rings is 1. The van der Waals surface area contributed by atoms with Crippen LogP contribution in [0.2, 0.25) is 0 Å². The van der Waals surface area contributed by atoms with E-state index in [1.165, 1.54) is 5.56 Å². The van der Waals surface area contributed by atoms with E-state index < -0.39 is 0 Å². The smallest absolute Gasteiger partial charge is 0.0713 e. The fraction of sp³-hybridized carbons (Fsp3) is 0.500. The van der Waals surface area contributed by atoms with Gasteiger partial charge in [0.2, 0.25) is 0 Å². The minimum atomic E-state index is 0.177. The van der Waals surface area contributed by atoms with Crippen molar-refractivity contribution in [3.63, 3.8) is 0 Å². The summed E-state index contributed by atoms with van der Waals surface area (Å²) < 4.78 is 5.08. The van der Waals surface area contributed by atoms with Crippen molar-refractivity contribution in [2.75, 3.05) is 20.3 Å². The van der Waals surface area contributed by atoms with Crippen LogP contribution in [0.15, 0.2) is 24.3 Å². The van der Waals surface area contributed by atoms with Crippen molar-refractivity contribution in [1.29, 1.82) is 0 Å². The summed E-state index contributed by atoms with van der Waals surface area (Å²) in [7, 11) is 1.68. The molecule has 0 heterocycles. The van der Waals surface area contributed by atoms with Gasteiger partial charge in [0, 0.05) is 13.7 Å². The summed E-state index contributed by atoms with van der Waals surface area (Å²) >= 11 is 0. The highest BCUT2D eigenvalue weighted by molar-refractivity contribution is 5.26. The number of methoxy groups -OCH3 is 1. The quantitative estimate of drug-likeness (QED) is 0.741. The Bertz CT molecular complexity index is 289. The van der Waals surface area contributed by atoms with Gasteiger partial charge in [-0.05, 0) is 30.0 Å². The first-order valence-electron chi connectivity index (χ1n) is 5.20. The molecule has 84 valence electrons. The molecule has 1 unspecified atom stereocenters. The van der Waals surface area contributed by atoms with E-state index in [0.29, 0.717) is 19.6 Å². The highest BCUT2D eigenvalue weighted by atomic mass is 16.5. The van der Waals surface area contributed by atoms with Gasteiger partial charge in [-0.1, -0.05) is 24.3 Å². The van der Waals surface area contributed by atoms with Crippen LogP contribution in [0.4, 0.5) is 0 Å². The van der Waals surface area contributed by atoms with Gasteiger partial charge in [-0.3, -0.25) is 0 Å². The van der Waals surface area contributed by atoms with E-state index in [-0.39, 0.29) is 12.5 Å². The van der Waals surface area contributed by atoms with Gasteiger partial charge in [0.05, 0.1) is 6.61 Å². The maximum atomic E-state index is 8.92. The Labute approximate surface area is 90.9 Å². The number of aliphatic hydroxyl groups is 1. The molecule has 3 nitrogen and oxygen atoms in total. The van der Waals surface area contributed by atoms with Crippen LogP contribution in [0, 0.1) is 0 Å². The van der Waals surface area contributed by atoms with E-state index in [0.717, 1.165) is 5.56 Å². The molecule has 0 spiro atoms. The molecule has 0 saturated carbocycles. The minimum Gasteiger partial charge on any atom is -0.396 e. The van der Waals surface area contributed by atoms with Crippen molar-refractivity contribution in [2.45, 2.75) is 18.9 Å². The molecular weight excluding hydrogens is 190 g/mol. The van der Waals surface area contributed by atoms with Crippen molar-refractivity contribution < 1.29 is 9.84 Å². The molecule has 0 radical (unpaired) electrons. The first-order valence-corrected chi connectivity index (χ1v) is 5.20. The average Bonchev–Trinajstić information content (AvgIpc) is 2.27. The van der Waals surface area contributed by atoms with Gasteiger partial charge in [-0.25, -0.2) is 0 Å². The van der Waals surface area contributed by atoms with E-state index in [1.54, 1.807) is 7.11 Å². The van der Waals surface area contributed by atoms with Gasteiger partial charge in [0.1, 0.15) is 0 Å². The number of nitrogens with two attached hydrogens (primary N) is 1. The maximum absolute atomic E-state index is 8.92. The molecule has 0 bridgehead atoms. The molecule has 0 fully saturated rings. The monoisotopic (exact) mass is 209 g/mol. The number of hydrogen-bond donors (Lipinski definition) is 2. The van der Waals surface area contributed by atoms with Crippen LogP contribution in [0.5, 0.6) is 0 Å². The van der Waals surface area contributed by atoms with Crippen LogP contribution < -0.4 is 5.73 Å². The molecule has 3 heteroatoms. The van der Waals surface area contributed by atoms with Gasteiger partial charge in [0.15, 0.2) is 0 Å². The van der Waals surface area contributed by atoms with Crippen LogP contribution in [0.3, 0.4) is 0 Å². The molecule has 0 amide bonds. The lowest BCUT2D eigenvalue weighted by atomic mass is 9.95. The van der Waals surface area contributed by atoms with E-state index in [2.05, 4.69) is 6.07 Å². The standard InChI is InChI=1S/C12H19NO2/c1-15-9-10-3-2-4-11(7-10)12(8-13)5-6-14/h2-4,7,12,14H,5-6,8-9,13H2,1H3. The van der Waals surface area contributed by atoms with Gasteiger partial charge in [-0.15, -0.1) is 0 Å². The van der Waals surface area contributed by atoms with E-state index >= 15 is 0 Å². The number of rotatable bonds is 6. The average molecular weight is 209 g/mol. The molecule has 1 aromatic carbocycles. The molecular formula is C12H19NO2. The Morgan fingerprint density at radius 1 is 1.47 bits per heavy atom. The molecule has 3 N–H and O–H groups in total. The Morgan fingerprint density at radius 3 is 2.87 bits per heavy atom. The summed E-state index contributed by atoms with van der Waals surface area (Å²) in [6.07, 6.45) is 0.715. The summed E-state index contributed by atoms with van der Waals surface area (Å²) in [6, 6.07) is 8.17. The molecule has 0 saturated heterocycles. The Kier molecular flexibility index (Phi) is 5.32. The summed E-state index contributed by atoms with van der Waals surface area (Å²) in [5.74, 6) is 0.242. The lowest BCUT2D eigenvalue weighted by Crippen LogP contribution is -2.14. The first kappa shape index (κ1) is 12.2. The fourth-order valence-corrected chi connectivity index (χ4v) is 1.68. The normalized spacial score (nSPS) is 12.7. The SMILES string of the molecule is COCc1cccc(C(CN)CCO)c1. The molecule has 1 aromatic rings. The van der Waals surface area contributed by atoms with Crippen molar-refractivity contribution in [2.24, 2.45) is 5.73 Å². The molecule has 0 aromatic heterocycles. The van der Waals surface area contributed by atoms with E-state index in [9.17, 15) is 0 Å². The van der Waals surface area contributed by atoms with Crippen LogP contribution in [-0.2, 0) is 11.3 Å². The topological polar surface area (TPSA) is 55.5 Å². The third-order valence-corrected chi connectivity index (χ3v) is 2.50. The highest BCUT2D eigenvalue weighted by Crippen LogP contribution is 2.19. The molecule has 1 rings (SSSR count). The number of aliphatic hydroxyl groups excluding tert-OH is 1. The second-order valence-electron chi connectivity index (χ2n) is 3.62. The molecule has 0 aliphatic carbocycles. The van der Waals surface area contributed by atoms with Gasteiger partial charge in [-0.2, -0.15) is 0 Å². The van der Waals surface area contributed by atoms with Crippen LogP contribution in [0.1, 0.15) is 23.5 Å². The lowest BCUT2D eigenvalue weighted by Gasteiger charge is -2.14. The van der Waals surface area contributed by atoms with Crippen LogP contribution in [-0.4, -0.2) is 25.4 Å². The zero-order valence-corrected chi connectivity index (χ0v) is 9.15. The maximum Gasteiger partial charge on any atom is 0.0713 e. The summed E-state index contributed by atoms with van der Waals surface area (Å²) in [6.45, 7) is 1.36. The highest BCUT2D eigenvalue weighted by Gasteiger charge is 2.09. The second kappa shape index (κ2) is 6.56. The Morgan fingerprint density at radius 2 is 2.27 bits per heavy atom. The largest absolute Gasteiger partial charge is 0.396 e. The second-order valence-corrected chi connectivity index (χ2v) is 3.62. The van der Waals surface area contributed by atoms with Crippen molar-refractivity contribution in [3.8, 4) is 0 Å². The summed E-state index contributed by atoms with van der Waals surface area (Å²) in [5.41, 5.74) is 8.00. The Balaban J connectivity index is 2.77. The van der Waals surface area contributed by atoms with Gasteiger partial charge < -0.3 is 15.6 Å². The zero-order chi connectivity index (χ0) is 11.1. The predicted octanol–water partition coefficient (Wildman–Crippen LogP) is 1.26. The van der Waals surface area contributed by atoms with Crippen LogP contribution in [0.25, 0.3) is 0 Å². The number of ether oxygens (including phenoxy) is 1. The third kappa shape index (κ3) is 3.63. The van der Waals surface area contributed by atoms with Crippen molar-refractivity contribution in [1.82, 2.24) is 0 Å². The van der Waals surface area contributed by atoms with Crippen molar-refractivity contribution >= 4 is 0 Å². The zero-order valence-electron chi connectivity index (χ0n) is 9.15. The third-order valence-electron chi connectivity index (χ3n) is 2.50. The summed E-state index contributed by atoms with van der Waals surface area (Å²) in [5, 5.41) is 8.92. The minimum absolute atomic E-state index is 0.177. The van der Waals surface area contributed by atoms with Gasteiger partial charge in [0.25, 0.3) is 0 Å². The molecule has 15 heavy (non-hydrogen) atoms. The fourth-order valence-electron chi connectivity index (χ4n) is 1.68. The Hall–Kier alpha value is -0.900. The van der Waals surface area contributed by atoms with Crippen molar-refractivity contribution in [3.05, 3.63) is 35.4 Å². The molecule has 0 aliphatic rings. The molecule has 0 aliphatic heterocycles. The molecule has 1 atom stereocenters. The van der Waals surface area contributed by atoms with E-state index in [4.69, 9.17) is 15.6 Å². The van der Waals surface area contributed by atoms with Gasteiger partial charge >= 0.3 is 0 Å². The predicted molar refractivity (Wildman–Crippen MR) is 60.7 cm³/mol. The van der Waals surface area contributed by atoms with Crippen LogP contribution >= 0.6 is 0 Å². The summed E-state index contributed by atoms with van der Waals surface area (Å²) in [4.78, 5) is 0. The lowest BCUT2D eigenvalue weighted by molar-refractivity contribution is 0.185.